The monoisotopic (exact) mass is 255 g/mol. The number of nitrogens with zero attached hydrogens (tertiary/aromatic N) is 2. The van der Waals surface area contributed by atoms with Gasteiger partial charge in [0.25, 0.3) is 0 Å². The number of likely N-dealkylation sites (N-methyl/N-ethyl adjacent to an activating group) is 1. The summed E-state index contributed by atoms with van der Waals surface area (Å²) in [5, 5.41) is 3.44. The zero-order valence-electron chi connectivity index (χ0n) is 11.9. The highest BCUT2D eigenvalue weighted by Gasteiger charge is 2.36. The first-order chi connectivity index (χ1) is 8.37. The molecule has 0 aromatic rings. The third kappa shape index (κ3) is 3.14. The van der Waals surface area contributed by atoms with Crippen molar-refractivity contribution in [3.8, 4) is 0 Å². The maximum absolute atomic E-state index is 12.1. The summed E-state index contributed by atoms with van der Waals surface area (Å²) in [4.78, 5) is 16.4. The first kappa shape index (κ1) is 13.6. The summed E-state index contributed by atoms with van der Waals surface area (Å²) in [5.74, 6) is 0. The van der Waals surface area contributed by atoms with E-state index in [-0.39, 0.29) is 6.09 Å². The molecule has 104 valence electrons. The van der Waals surface area contributed by atoms with Crippen LogP contribution in [0.1, 0.15) is 27.2 Å². The van der Waals surface area contributed by atoms with Gasteiger partial charge in [0, 0.05) is 31.7 Å². The second-order valence-corrected chi connectivity index (χ2v) is 6.35. The van der Waals surface area contributed by atoms with Crippen molar-refractivity contribution < 1.29 is 9.53 Å². The fourth-order valence-electron chi connectivity index (χ4n) is 2.66. The Labute approximate surface area is 109 Å². The number of amides is 1. The molecule has 0 radical (unpaired) electrons. The van der Waals surface area contributed by atoms with E-state index < -0.39 is 5.60 Å². The summed E-state index contributed by atoms with van der Waals surface area (Å²) in [7, 11) is 2.16. The lowest BCUT2D eigenvalue weighted by Gasteiger charge is -2.43. The molecule has 0 aromatic carbocycles. The quantitative estimate of drug-likeness (QED) is 0.698. The third-order valence-electron chi connectivity index (χ3n) is 3.70. The predicted molar refractivity (Wildman–Crippen MR) is 70.6 cm³/mol. The third-order valence-corrected chi connectivity index (χ3v) is 3.70. The van der Waals surface area contributed by atoms with Crippen molar-refractivity contribution in [2.75, 3.05) is 33.2 Å². The molecule has 5 heteroatoms. The summed E-state index contributed by atoms with van der Waals surface area (Å²) in [6.07, 6.45) is 0.916. The maximum atomic E-state index is 12.1. The molecule has 2 fully saturated rings. The van der Waals surface area contributed by atoms with Gasteiger partial charge in [-0.25, -0.2) is 4.79 Å². The van der Waals surface area contributed by atoms with E-state index in [2.05, 4.69) is 17.3 Å². The van der Waals surface area contributed by atoms with Gasteiger partial charge in [0.05, 0.1) is 0 Å². The molecular formula is C13H25N3O2. The number of carbonyl (C=O) groups is 1. The van der Waals surface area contributed by atoms with Crippen LogP contribution < -0.4 is 5.32 Å². The van der Waals surface area contributed by atoms with Crippen molar-refractivity contribution in [2.24, 2.45) is 0 Å². The molecule has 2 atom stereocenters. The molecule has 5 nitrogen and oxygen atoms in total. The molecule has 2 aliphatic rings. The van der Waals surface area contributed by atoms with Gasteiger partial charge in [0.1, 0.15) is 5.60 Å². The summed E-state index contributed by atoms with van der Waals surface area (Å²) in [6.45, 7) is 9.26. The minimum Gasteiger partial charge on any atom is -0.444 e. The summed E-state index contributed by atoms with van der Waals surface area (Å²) >= 11 is 0. The minimum absolute atomic E-state index is 0.174. The highest BCUT2D eigenvalue weighted by Crippen LogP contribution is 2.20. The Balaban J connectivity index is 2.01. The number of hydrogen-bond acceptors (Lipinski definition) is 4. The molecule has 0 spiro atoms. The van der Waals surface area contributed by atoms with Crippen LogP contribution in [0.2, 0.25) is 0 Å². The second kappa shape index (κ2) is 5.05. The topological polar surface area (TPSA) is 44.8 Å². The summed E-state index contributed by atoms with van der Waals surface area (Å²) in [5.41, 5.74) is -0.413. The van der Waals surface area contributed by atoms with Crippen LogP contribution in [0.3, 0.4) is 0 Å². The molecule has 2 bridgehead atoms. The fraction of sp³-hybridized carbons (Fsp3) is 0.923. The maximum Gasteiger partial charge on any atom is 0.410 e. The van der Waals surface area contributed by atoms with Gasteiger partial charge in [-0.15, -0.1) is 0 Å². The number of rotatable bonds is 0. The standard InChI is InChI=1S/C13H25N3O2/c1-13(2,3)18-12(17)16-8-10-5-6-14-7-11(9-16)15(10)4/h10-11,14H,5-9H2,1-4H3. The fourth-order valence-corrected chi connectivity index (χ4v) is 2.66. The van der Waals surface area contributed by atoms with Crippen molar-refractivity contribution in [1.82, 2.24) is 15.1 Å². The van der Waals surface area contributed by atoms with Crippen LogP contribution in [-0.2, 0) is 4.74 Å². The van der Waals surface area contributed by atoms with Crippen molar-refractivity contribution in [3.63, 3.8) is 0 Å². The number of fused-ring (bicyclic) bond motifs is 2. The van der Waals surface area contributed by atoms with Crippen LogP contribution in [0.25, 0.3) is 0 Å². The van der Waals surface area contributed by atoms with Crippen molar-refractivity contribution >= 4 is 6.09 Å². The lowest BCUT2D eigenvalue weighted by Crippen LogP contribution is -2.59. The molecular weight excluding hydrogens is 230 g/mol. The van der Waals surface area contributed by atoms with Gasteiger partial charge < -0.3 is 15.0 Å². The number of piperazine rings is 1. The number of hydrogen-bond donors (Lipinski definition) is 1. The van der Waals surface area contributed by atoms with Crippen LogP contribution >= 0.6 is 0 Å². The van der Waals surface area contributed by atoms with Gasteiger partial charge in [-0.2, -0.15) is 0 Å². The Bertz CT molecular complexity index is 298. The van der Waals surface area contributed by atoms with E-state index in [0.717, 1.165) is 32.6 Å². The molecule has 2 aliphatic heterocycles. The van der Waals surface area contributed by atoms with Gasteiger partial charge in [0.15, 0.2) is 0 Å². The first-order valence-corrected chi connectivity index (χ1v) is 6.77. The number of carbonyl (C=O) groups excluding carboxylic acids is 1. The summed E-state index contributed by atoms with van der Waals surface area (Å²) < 4.78 is 5.47. The van der Waals surface area contributed by atoms with Crippen LogP contribution in [0.15, 0.2) is 0 Å². The van der Waals surface area contributed by atoms with E-state index in [1.165, 1.54) is 0 Å². The van der Waals surface area contributed by atoms with Gasteiger partial charge in [-0.3, -0.25) is 4.90 Å². The molecule has 1 N–H and O–H groups in total. The van der Waals surface area contributed by atoms with Crippen molar-refractivity contribution in [3.05, 3.63) is 0 Å². The SMILES string of the molecule is CN1C2CCNCC1CN(C(=O)OC(C)(C)C)C2. The van der Waals surface area contributed by atoms with Crippen LogP contribution in [0, 0.1) is 0 Å². The van der Waals surface area contributed by atoms with Gasteiger partial charge in [-0.1, -0.05) is 0 Å². The molecule has 2 heterocycles. The molecule has 0 aliphatic carbocycles. The smallest absolute Gasteiger partial charge is 0.410 e. The predicted octanol–water partition coefficient (Wildman–Crippen LogP) is 0.899. The first-order valence-electron chi connectivity index (χ1n) is 6.77. The Morgan fingerprint density at radius 2 is 1.94 bits per heavy atom. The van der Waals surface area contributed by atoms with E-state index >= 15 is 0 Å². The highest BCUT2D eigenvalue weighted by molar-refractivity contribution is 5.68. The number of nitrogens with one attached hydrogen (secondary N) is 1. The lowest BCUT2D eigenvalue weighted by molar-refractivity contribution is -0.00360. The Morgan fingerprint density at radius 1 is 1.28 bits per heavy atom. The van der Waals surface area contributed by atoms with Gasteiger partial charge in [0.2, 0.25) is 0 Å². The van der Waals surface area contributed by atoms with Crippen LogP contribution in [0.4, 0.5) is 4.79 Å². The lowest BCUT2D eigenvalue weighted by atomic mass is 10.1. The summed E-state index contributed by atoms with van der Waals surface area (Å²) in [6, 6.07) is 0.852. The second-order valence-electron chi connectivity index (χ2n) is 6.35. The molecule has 2 saturated heterocycles. The zero-order chi connectivity index (χ0) is 13.3. The van der Waals surface area contributed by atoms with Gasteiger partial charge in [-0.05, 0) is 40.8 Å². The van der Waals surface area contributed by atoms with E-state index in [1.54, 1.807) is 0 Å². The van der Waals surface area contributed by atoms with Crippen molar-refractivity contribution in [2.45, 2.75) is 44.9 Å². The normalized spacial score (nSPS) is 29.9. The molecule has 18 heavy (non-hydrogen) atoms. The number of ether oxygens (including phenoxy) is 1. The van der Waals surface area contributed by atoms with E-state index in [9.17, 15) is 4.79 Å². The Morgan fingerprint density at radius 3 is 2.61 bits per heavy atom. The average Bonchev–Trinajstić information content (AvgIpc) is 2.36. The zero-order valence-corrected chi connectivity index (χ0v) is 11.9. The van der Waals surface area contributed by atoms with Gasteiger partial charge >= 0.3 is 6.09 Å². The Kier molecular flexibility index (Phi) is 3.82. The molecule has 0 saturated carbocycles. The Hall–Kier alpha value is -0.810. The van der Waals surface area contributed by atoms with E-state index in [0.29, 0.717) is 12.1 Å². The highest BCUT2D eigenvalue weighted by atomic mass is 16.6. The van der Waals surface area contributed by atoms with E-state index in [4.69, 9.17) is 4.74 Å². The molecule has 0 aromatic heterocycles. The van der Waals surface area contributed by atoms with Crippen LogP contribution in [-0.4, -0.2) is 66.8 Å². The molecule has 2 unspecified atom stereocenters. The van der Waals surface area contributed by atoms with E-state index in [1.807, 2.05) is 25.7 Å². The molecule has 2 rings (SSSR count). The van der Waals surface area contributed by atoms with Crippen molar-refractivity contribution in [1.29, 1.82) is 0 Å². The minimum atomic E-state index is -0.413. The molecule has 1 amide bonds. The average molecular weight is 255 g/mol. The largest absolute Gasteiger partial charge is 0.444 e. The van der Waals surface area contributed by atoms with Crippen LogP contribution in [0.5, 0.6) is 0 Å².